The van der Waals surface area contributed by atoms with Crippen LogP contribution in [0.1, 0.15) is 61.4 Å². The largest absolute Gasteiger partial charge is 0.493 e. The smallest absolute Gasteiger partial charge is 0.220 e. The molecule has 1 aliphatic rings. The Morgan fingerprint density at radius 3 is 2.43 bits per heavy atom. The second-order valence-electron chi connectivity index (χ2n) is 8.00. The van der Waals surface area contributed by atoms with Gasteiger partial charge in [-0.1, -0.05) is 43.2 Å². The Morgan fingerprint density at radius 2 is 1.77 bits per heavy atom. The first kappa shape index (κ1) is 21.9. The van der Waals surface area contributed by atoms with Crippen molar-refractivity contribution in [1.29, 1.82) is 0 Å². The lowest BCUT2D eigenvalue weighted by molar-refractivity contribution is -0.121. The van der Waals surface area contributed by atoms with Gasteiger partial charge in [0.25, 0.3) is 0 Å². The number of hydrogen-bond acceptors (Lipinski definition) is 4. The third-order valence-electron chi connectivity index (χ3n) is 5.95. The maximum Gasteiger partial charge on any atom is 0.220 e. The van der Waals surface area contributed by atoms with Gasteiger partial charge in [0.2, 0.25) is 5.91 Å². The summed E-state index contributed by atoms with van der Waals surface area (Å²) in [6.07, 6.45) is 5.69. The molecule has 3 rings (SSSR count). The molecule has 30 heavy (non-hydrogen) atoms. The monoisotopic (exact) mass is 409 g/mol. The van der Waals surface area contributed by atoms with Crippen LogP contribution in [-0.2, 0) is 10.2 Å². The Labute approximate surface area is 178 Å². The van der Waals surface area contributed by atoms with Crippen molar-refractivity contribution in [3.8, 4) is 11.5 Å². The van der Waals surface area contributed by atoms with Crippen LogP contribution in [0, 0.1) is 0 Å². The molecule has 1 aliphatic carbocycles. The number of Topliss-reactive ketones (excluding diaryl/α,β-unsaturated/α-hetero) is 1. The molecule has 1 saturated carbocycles. The van der Waals surface area contributed by atoms with Crippen LogP contribution in [-0.4, -0.2) is 32.0 Å². The highest BCUT2D eigenvalue weighted by molar-refractivity contribution is 5.94. The number of carbonyl (C=O) groups excluding carboxylic acids is 2. The summed E-state index contributed by atoms with van der Waals surface area (Å²) in [6, 6.07) is 15.7. The molecule has 0 unspecified atom stereocenters. The van der Waals surface area contributed by atoms with Gasteiger partial charge in [-0.05, 0) is 49.9 Å². The van der Waals surface area contributed by atoms with E-state index in [1.165, 1.54) is 25.3 Å². The van der Waals surface area contributed by atoms with Gasteiger partial charge < -0.3 is 14.8 Å². The van der Waals surface area contributed by atoms with Crippen molar-refractivity contribution in [2.75, 3.05) is 20.3 Å². The van der Waals surface area contributed by atoms with Crippen molar-refractivity contribution in [3.05, 3.63) is 59.7 Å². The molecule has 160 valence electrons. The molecule has 0 radical (unpaired) electrons. The van der Waals surface area contributed by atoms with Gasteiger partial charge in [-0.2, -0.15) is 0 Å². The molecule has 1 N–H and O–H groups in total. The summed E-state index contributed by atoms with van der Waals surface area (Å²) in [7, 11) is 1.55. The molecule has 0 spiro atoms. The highest BCUT2D eigenvalue weighted by Gasteiger charge is 2.35. The Bertz CT molecular complexity index is 857. The first-order valence-corrected chi connectivity index (χ1v) is 10.7. The summed E-state index contributed by atoms with van der Waals surface area (Å²) in [5.41, 5.74) is 1.98. The highest BCUT2D eigenvalue weighted by atomic mass is 16.5. The Kier molecular flexibility index (Phi) is 7.50. The Morgan fingerprint density at radius 1 is 1.03 bits per heavy atom. The van der Waals surface area contributed by atoms with E-state index >= 15 is 0 Å². The second-order valence-corrected chi connectivity index (χ2v) is 8.00. The van der Waals surface area contributed by atoms with Crippen molar-refractivity contribution < 1.29 is 19.1 Å². The van der Waals surface area contributed by atoms with Gasteiger partial charge >= 0.3 is 0 Å². The predicted octanol–water partition coefficient (Wildman–Crippen LogP) is 4.69. The standard InChI is InChI=1S/C25H31NO4/c1-19(27)20-12-13-22(23(17-20)29-2)30-16-8-11-24(28)26-18-25(14-6-7-15-25)21-9-4-3-5-10-21/h3-5,9-10,12-13,17H,6-8,11,14-16,18H2,1-2H3,(H,26,28). The molecule has 2 aromatic rings. The van der Waals surface area contributed by atoms with E-state index < -0.39 is 0 Å². The molecule has 0 saturated heterocycles. The van der Waals surface area contributed by atoms with E-state index in [2.05, 4.69) is 29.6 Å². The number of carbonyl (C=O) groups is 2. The molecule has 0 bridgehead atoms. The summed E-state index contributed by atoms with van der Waals surface area (Å²) in [5, 5.41) is 3.15. The van der Waals surface area contributed by atoms with E-state index in [0.717, 1.165) is 12.8 Å². The van der Waals surface area contributed by atoms with Gasteiger partial charge in [-0.3, -0.25) is 9.59 Å². The van der Waals surface area contributed by atoms with Crippen molar-refractivity contribution in [2.45, 2.75) is 50.9 Å². The van der Waals surface area contributed by atoms with Gasteiger partial charge in [-0.25, -0.2) is 0 Å². The molecule has 0 aromatic heterocycles. The van der Waals surface area contributed by atoms with Crippen LogP contribution in [0.3, 0.4) is 0 Å². The SMILES string of the molecule is COc1cc(C(C)=O)ccc1OCCCC(=O)NCC1(c2ccccc2)CCCC1. The molecule has 5 nitrogen and oxygen atoms in total. The van der Waals surface area contributed by atoms with Crippen molar-refractivity contribution in [1.82, 2.24) is 5.32 Å². The second kappa shape index (κ2) is 10.3. The van der Waals surface area contributed by atoms with E-state index in [0.29, 0.717) is 43.1 Å². The summed E-state index contributed by atoms with van der Waals surface area (Å²) >= 11 is 0. The maximum absolute atomic E-state index is 12.4. The van der Waals surface area contributed by atoms with Crippen molar-refractivity contribution >= 4 is 11.7 Å². The van der Waals surface area contributed by atoms with E-state index in [1.807, 2.05) is 6.07 Å². The fourth-order valence-corrected chi connectivity index (χ4v) is 4.19. The van der Waals surface area contributed by atoms with Crippen LogP contribution >= 0.6 is 0 Å². The number of methoxy groups -OCH3 is 1. The van der Waals surface area contributed by atoms with E-state index in [4.69, 9.17) is 9.47 Å². The fourth-order valence-electron chi connectivity index (χ4n) is 4.19. The van der Waals surface area contributed by atoms with E-state index in [9.17, 15) is 9.59 Å². The number of nitrogens with one attached hydrogen (secondary N) is 1. The lowest BCUT2D eigenvalue weighted by atomic mass is 9.79. The average Bonchev–Trinajstić information content (AvgIpc) is 3.26. The molecule has 0 aliphatic heterocycles. The summed E-state index contributed by atoms with van der Waals surface area (Å²) in [6.45, 7) is 2.62. The minimum absolute atomic E-state index is 0.0212. The molecular weight excluding hydrogens is 378 g/mol. The first-order chi connectivity index (χ1) is 14.5. The number of rotatable bonds is 10. The highest BCUT2D eigenvalue weighted by Crippen LogP contribution is 2.40. The first-order valence-electron chi connectivity index (χ1n) is 10.7. The van der Waals surface area contributed by atoms with Crippen molar-refractivity contribution in [3.63, 3.8) is 0 Å². The number of ketones is 1. The zero-order chi connectivity index (χ0) is 21.4. The lowest BCUT2D eigenvalue weighted by Gasteiger charge is -2.30. The molecule has 1 fully saturated rings. The minimum Gasteiger partial charge on any atom is -0.493 e. The van der Waals surface area contributed by atoms with Gasteiger partial charge in [-0.15, -0.1) is 0 Å². The number of amides is 1. The molecule has 0 atom stereocenters. The van der Waals surface area contributed by atoms with Crippen LogP contribution in [0.15, 0.2) is 48.5 Å². The van der Waals surface area contributed by atoms with Crippen LogP contribution in [0.4, 0.5) is 0 Å². The third-order valence-corrected chi connectivity index (χ3v) is 5.95. The molecular formula is C25H31NO4. The molecule has 5 heteroatoms. The summed E-state index contributed by atoms with van der Waals surface area (Å²) < 4.78 is 11.1. The number of ether oxygens (including phenoxy) is 2. The van der Waals surface area contributed by atoms with Crippen molar-refractivity contribution in [2.24, 2.45) is 0 Å². The Hall–Kier alpha value is -2.82. The number of hydrogen-bond donors (Lipinski definition) is 1. The molecule has 1 amide bonds. The molecule has 0 heterocycles. The van der Waals surface area contributed by atoms with Gasteiger partial charge in [0, 0.05) is 23.9 Å². The number of benzene rings is 2. The van der Waals surface area contributed by atoms with Gasteiger partial charge in [0.05, 0.1) is 13.7 Å². The lowest BCUT2D eigenvalue weighted by Crippen LogP contribution is -2.39. The topological polar surface area (TPSA) is 64.6 Å². The van der Waals surface area contributed by atoms with Gasteiger partial charge in [0.15, 0.2) is 17.3 Å². The average molecular weight is 410 g/mol. The third kappa shape index (κ3) is 5.41. The molecule has 2 aromatic carbocycles. The zero-order valence-electron chi connectivity index (χ0n) is 17.9. The quantitative estimate of drug-likeness (QED) is 0.457. The Balaban J connectivity index is 1.46. The fraction of sp³-hybridized carbons (Fsp3) is 0.440. The summed E-state index contributed by atoms with van der Waals surface area (Å²) in [4.78, 5) is 23.9. The van der Waals surface area contributed by atoms with Crippen LogP contribution in [0.2, 0.25) is 0 Å². The summed E-state index contributed by atoms with van der Waals surface area (Å²) in [5.74, 6) is 1.14. The zero-order valence-corrected chi connectivity index (χ0v) is 17.9. The van der Waals surface area contributed by atoms with E-state index in [-0.39, 0.29) is 17.1 Å². The van der Waals surface area contributed by atoms with Crippen LogP contribution < -0.4 is 14.8 Å². The predicted molar refractivity (Wildman–Crippen MR) is 117 cm³/mol. The van der Waals surface area contributed by atoms with Gasteiger partial charge in [0.1, 0.15) is 0 Å². The van der Waals surface area contributed by atoms with Crippen LogP contribution in [0.25, 0.3) is 0 Å². The van der Waals surface area contributed by atoms with Crippen LogP contribution in [0.5, 0.6) is 11.5 Å². The van der Waals surface area contributed by atoms with E-state index in [1.54, 1.807) is 25.3 Å². The normalized spacial score (nSPS) is 14.9. The maximum atomic E-state index is 12.4. The minimum atomic E-state index is -0.0212.